The summed E-state index contributed by atoms with van der Waals surface area (Å²) in [5, 5.41) is 25.2. The molecular weight excluding hydrogens is 412 g/mol. The van der Waals surface area contributed by atoms with Crippen LogP contribution in [-0.4, -0.2) is 17.2 Å². The molecule has 0 fully saturated rings. The molecule has 0 aliphatic heterocycles. The zero-order valence-corrected chi connectivity index (χ0v) is 17.0. The normalized spacial score (nSPS) is 11.4. The van der Waals surface area contributed by atoms with Crippen molar-refractivity contribution in [3.05, 3.63) is 101 Å². The van der Waals surface area contributed by atoms with Crippen molar-refractivity contribution in [1.82, 2.24) is 5.43 Å². The van der Waals surface area contributed by atoms with Crippen molar-refractivity contribution in [3.63, 3.8) is 0 Å². The Morgan fingerprint density at radius 1 is 0.903 bits per heavy atom. The maximum atomic E-state index is 12.1. The Balaban J connectivity index is 1.50. The van der Waals surface area contributed by atoms with Crippen LogP contribution < -0.4 is 5.43 Å². The highest BCUT2D eigenvalue weighted by Crippen LogP contribution is 2.28. The molecule has 0 radical (unpaired) electrons. The number of phenols is 1. The number of amides is 1. The van der Waals surface area contributed by atoms with Crippen LogP contribution in [0.5, 0.6) is 5.75 Å². The second-order valence-corrected chi connectivity index (χ2v) is 7.08. The van der Waals surface area contributed by atoms with Gasteiger partial charge in [-0.25, -0.2) is 5.43 Å². The average Bonchev–Trinajstić information content (AvgIpc) is 2.79. The number of nitrogens with zero attached hydrogens (tertiary/aromatic N) is 3. The van der Waals surface area contributed by atoms with Gasteiger partial charge in [0.1, 0.15) is 5.75 Å². The van der Waals surface area contributed by atoms with Crippen molar-refractivity contribution in [2.75, 3.05) is 0 Å². The van der Waals surface area contributed by atoms with Gasteiger partial charge in [-0.3, -0.25) is 4.79 Å². The first-order chi connectivity index (χ1) is 15.1. The van der Waals surface area contributed by atoms with Crippen LogP contribution in [0.2, 0.25) is 5.02 Å². The van der Waals surface area contributed by atoms with E-state index in [2.05, 4.69) is 20.8 Å². The second kappa shape index (κ2) is 9.19. The molecule has 0 aromatic heterocycles. The lowest BCUT2D eigenvalue weighted by atomic mass is 10.1. The van der Waals surface area contributed by atoms with E-state index < -0.39 is 0 Å². The zero-order valence-electron chi connectivity index (χ0n) is 16.2. The first kappa shape index (κ1) is 20.3. The first-order valence-electron chi connectivity index (χ1n) is 9.42. The van der Waals surface area contributed by atoms with E-state index >= 15 is 0 Å². The summed E-state index contributed by atoms with van der Waals surface area (Å²) in [5.74, 6) is -0.382. The van der Waals surface area contributed by atoms with Crippen LogP contribution in [0, 0.1) is 0 Å². The summed E-state index contributed by atoms with van der Waals surface area (Å²) in [6.07, 6.45) is 1.35. The highest BCUT2D eigenvalue weighted by atomic mass is 35.5. The number of rotatable bonds is 5. The molecule has 0 saturated carbocycles. The fourth-order valence-corrected chi connectivity index (χ4v) is 3.07. The standard InChI is InChI=1S/C24H17ClN4O2/c25-19-10-8-17(9-11-19)24(31)29-26-15-18-14-20(12-13-23(18)30)27-28-22-7-3-5-16-4-1-2-6-21(16)22/h1-15,30H,(H,29,31). The molecule has 7 heteroatoms. The monoisotopic (exact) mass is 428 g/mol. The number of hydrazone groups is 1. The molecule has 0 unspecified atom stereocenters. The molecule has 31 heavy (non-hydrogen) atoms. The summed E-state index contributed by atoms with van der Waals surface area (Å²) >= 11 is 5.82. The predicted octanol–water partition coefficient (Wildman–Crippen LogP) is 6.38. The Kier molecular flexibility index (Phi) is 6.01. The third-order valence-corrected chi connectivity index (χ3v) is 4.78. The van der Waals surface area contributed by atoms with Crippen molar-refractivity contribution in [2.45, 2.75) is 0 Å². The Morgan fingerprint density at radius 2 is 1.68 bits per heavy atom. The van der Waals surface area contributed by atoms with Crippen molar-refractivity contribution >= 4 is 45.9 Å². The molecule has 0 bridgehead atoms. The highest BCUT2D eigenvalue weighted by Gasteiger charge is 2.05. The molecule has 0 heterocycles. The van der Waals surface area contributed by atoms with Crippen molar-refractivity contribution in [3.8, 4) is 5.75 Å². The van der Waals surface area contributed by atoms with Gasteiger partial charge >= 0.3 is 0 Å². The van der Waals surface area contributed by atoms with Gasteiger partial charge in [0.25, 0.3) is 5.91 Å². The van der Waals surface area contributed by atoms with Gasteiger partial charge in [-0.2, -0.15) is 10.2 Å². The van der Waals surface area contributed by atoms with E-state index in [1.54, 1.807) is 36.4 Å². The van der Waals surface area contributed by atoms with Crippen LogP contribution in [0.1, 0.15) is 15.9 Å². The summed E-state index contributed by atoms with van der Waals surface area (Å²) < 4.78 is 0. The molecule has 0 atom stereocenters. The largest absolute Gasteiger partial charge is 0.507 e. The number of hydrogen-bond donors (Lipinski definition) is 2. The number of carbonyl (C=O) groups is 1. The fourth-order valence-electron chi connectivity index (χ4n) is 2.94. The molecule has 0 spiro atoms. The number of phenolic OH excluding ortho intramolecular Hbond substituents is 1. The average molecular weight is 429 g/mol. The Hall–Kier alpha value is -4.03. The number of fused-ring (bicyclic) bond motifs is 1. The van der Waals surface area contributed by atoms with Crippen LogP contribution >= 0.6 is 11.6 Å². The number of nitrogens with one attached hydrogen (secondary N) is 1. The van der Waals surface area contributed by atoms with Gasteiger partial charge in [0.05, 0.1) is 17.6 Å². The van der Waals surface area contributed by atoms with Crippen LogP contribution in [-0.2, 0) is 0 Å². The van der Waals surface area contributed by atoms with Crippen LogP contribution in [0.3, 0.4) is 0 Å². The Bertz CT molecular complexity index is 1300. The maximum Gasteiger partial charge on any atom is 0.271 e. The molecule has 2 N–H and O–H groups in total. The number of hydrogen-bond acceptors (Lipinski definition) is 5. The summed E-state index contributed by atoms with van der Waals surface area (Å²) in [7, 11) is 0. The smallest absolute Gasteiger partial charge is 0.271 e. The fraction of sp³-hybridized carbons (Fsp3) is 0. The third-order valence-electron chi connectivity index (χ3n) is 4.53. The first-order valence-corrected chi connectivity index (χ1v) is 9.79. The summed E-state index contributed by atoms with van der Waals surface area (Å²) in [5.41, 5.74) is 4.51. The Labute approximate surface area is 183 Å². The number of aromatic hydroxyl groups is 1. The van der Waals surface area contributed by atoms with Gasteiger partial charge < -0.3 is 5.11 Å². The molecular formula is C24H17ClN4O2. The van der Waals surface area contributed by atoms with E-state index in [0.29, 0.717) is 21.8 Å². The lowest BCUT2D eigenvalue weighted by Gasteiger charge is -2.02. The van der Waals surface area contributed by atoms with Gasteiger partial charge in [-0.15, -0.1) is 5.11 Å². The van der Waals surface area contributed by atoms with Gasteiger partial charge in [0.2, 0.25) is 0 Å². The topological polar surface area (TPSA) is 86.4 Å². The molecule has 4 aromatic rings. The van der Waals surface area contributed by atoms with E-state index in [-0.39, 0.29) is 11.7 Å². The van der Waals surface area contributed by atoms with E-state index in [1.807, 2.05) is 42.5 Å². The second-order valence-electron chi connectivity index (χ2n) is 6.65. The maximum absolute atomic E-state index is 12.1. The van der Waals surface area contributed by atoms with Crippen molar-refractivity contribution in [1.29, 1.82) is 0 Å². The van der Waals surface area contributed by atoms with Gasteiger partial charge in [-0.1, -0.05) is 48.0 Å². The predicted molar refractivity (Wildman–Crippen MR) is 123 cm³/mol. The van der Waals surface area contributed by atoms with Crippen molar-refractivity contribution in [2.24, 2.45) is 15.3 Å². The van der Waals surface area contributed by atoms with E-state index in [1.165, 1.54) is 12.3 Å². The highest BCUT2D eigenvalue weighted by molar-refractivity contribution is 6.30. The SMILES string of the molecule is O=C(NN=Cc1cc(N=Nc2cccc3ccccc23)ccc1O)c1ccc(Cl)cc1. The van der Waals surface area contributed by atoms with E-state index in [0.717, 1.165) is 16.5 Å². The number of azo groups is 1. The van der Waals surface area contributed by atoms with Gasteiger partial charge in [0, 0.05) is 21.5 Å². The van der Waals surface area contributed by atoms with E-state index in [4.69, 9.17) is 11.6 Å². The molecule has 0 aliphatic rings. The molecule has 4 rings (SSSR count). The molecule has 0 saturated heterocycles. The molecule has 4 aromatic carbocycles. The van der Waals surface area contributed by atoms with Gasteiger partial charge in [0.15, 0.2) is 0 Å². The molecule has 0 aliphatic carbocycles. The number of carbonyl (C=O) groups excluding carboxylic acids is 1. The summed E-state index contributed by atoms with van der Waals surface area (Å²) in [6, 6.07) is 25.0. The summed E-state index contributed by atoms with van der Waals surface area (Å²) in [6.45, 7) is 0. The quantitative estimate of drug-likeness (QED) is 0.219. The molecule has 152 valence electrons. The zero-order chi connectivity index (χ0) is 21.6. The minimum atomic E-state index is -0.390. The minimum Gasteiger partial charge on any atom is -0.507 e. The Morgan fingerprint density at radius 3 is 2.52 bits per heavy atom. The number of halogens is 1. The van der Waals surface area contributed by atoms with Crippen molar-refractivity contribution < 1.29 is 9.90 Å². The third kappa shape index (κ3) is 4.94. The van der Waals surface area contributed by atoms with Crippen LogP contribution in [0.4, 0.5) is 11.4 Å². The van der Waals surface area contributed by atoms with E-state index in [9.17, 15) is 9.90 Å². The lowest BCUT2D eigenvalue weighted by molar-refractivity contribution is 0.0955. The minimum absolute atomic E-state index is 0.00797. The van der Waals surface area contributed by atoms with Gasteiger partial charge in [-0.05, 0) is 53.9 Å². The van der Waals surface area contributed by atoms with Crippen LogP contribution in [0.25, 0.3) is 10.8 Å². The molecule has 1 amide bonds. The number of benzene rings is 4. The van der Waals surface area contributed by atoms with Crippen LogP contribution in [0.15, 0.2) is 100 Å². The molecule has 6 nitrogen and oxygen atoms in total. The summed E-state index contributed by atoms with van der Waals surface area (Å²) in [4.78, 5) is 12.1. The lowest BCUT2D eigenvalue weighted by Crippen LogP contribution is -2.17.